The Morgan fingerprint density at radius 1 is 1.04 bits per heavy atom. The highest BCUT2D eigenvalue weighted by Gasteiger charge is 2.08. The third-order valence-corrected chi connectivity index (χ3v) is 3.53. The molecule has 0 heterocycles. The molecule has 0 unspecified atom stereocenters. The molecule has 28 heavy (non-hydrogen) atoms. The third kappa shape index (κ3) is 6.94. The van der Waals surface area contributed by atoms with Gasteiger partial charge in [0.25, 0.3) is 6.43 Å². The van der Waals surface area contributed by atoms with Crippen molar-refractivity contribution in [3.05, 3.63) is 48.0 Å². The van der Waals surface area contributed by atoms with E-state index < -0.39 is 13.0 Å². The van der Waals surface area contributed by atoms with Crippen LogP contribution in [-0.4, -0.2) is 32.2 Å². The molecule has 0 amide bonds. The van der Waals surface area contributed by atoms with Crippen molar-refractivity contribution in [3.8, 4) is 17.2 Å². The maximum atomic E-state index is 12.3. The van der Waals surface area contributed by atoms with Crippen LogP contribution < -0.4 is 25.3 Å². The van der Waals surface area contributed by atoms with Crippen molar-refractivity contribution in [2.24, 2.45) is 10.7 Å². The maximum absolute atomic E-state index is 12.3. The molecule has 0 atom stereocenters. The Morgan fingerprint density at radius 3 is 2.50 bits per heavy atom. The van der Waals surface area contributed by atoms with E-state index >= 15 is 0 Å². The van der Waals surface area contributed by atoms with Gasteiger partial charge in [-0.05, 0) is 43.7 Å². The van der Waals surface area contributed by atoms with Gasteiger partial charge in [-0.15, -0.1) is 0 Å². The molecule has 6 nitrogen and oxygen atoms in total. The molecule has 0 saturated carbocycles. The van der Waals surface area contributed by atoms with E-state index in [1.54, 1.807) is 30.3 Å². The zero-order chi connectivity index (χ0) is 20.4. The molecule has 2 aromatic rings. The van der Waals surface area contributed by atoms with Crippen LogP contribution in [0.25, 0.3) is 0 Å². The number of aliphatic imine (C=N–C) groups is 1. The molecule has 3 N–H and O–H groups in total. The number of ether oxygens (including phenoxy) is 3. The summed E-state index contributed by atoms with van der Waals surface area (Å²) in [7, 11) is 0. The molecular weight excluding hydrogens is 368 g/mol. The topological polar surface area (TPSA) is 78.1 Å². The van der Waals surface area contributed by atoms with Crippen LogP contribution in [0.1, 0.15) is 19.4 Å². The molecule has 152 valence electrons. The number of halogens is 2. The smallest absolute Gasteiger partial charge is 0.272 e. The molecule has 0 aliphatic heterocycles. The Labute approximate surface area is 163 Å². The molecule has 0 aliphatic carbocycles. The fourth-order valence-electron chi connectivity index (χ4n) is 2.39. The number of rotatable bonds is 10. The number of guanidine groups is 1. The average Bonchev–Trinajstić information content (AvgIpc) is 2.67. The monoisotopic (exact) mass is 393 g/mol. The second-order valence-corrected chi connectivity index (χ2v) is 5.70. The summed E-state index contributed by atoms with van der Waals surface area (Å²) in [5, 5.41) is 3.01. The molecule has 0 fully saturated rings. The summed E-state index contributed by atoms with van der Waals surface area (Å²) in [6.45, 7) is 4.46. The normalized spacial score (nSPS) is 11.4. The molecule has 2 aromatic carbocycles. The van der Waals surface area contributed by atoms with Gasteiger partial charge in [-0.1, -0.05) is 12.1 Å². The number of nitrogens with two attached hydrogens (primary N) is 1. The Morgan fingerprint density at radius 2 is 1.79 bits per heavy atom. The van der Waals surface area contributed by atoms with Gasteiger partial charge in [0.05, 0.1) is 25.4 Å². The predicted molar refractivity (Wildman–Crippen MR) is 106 cm³/mol. The van der Waals surface area contributed by atoms with E-state index in [2.05, 4.69) is 10.3 Å². The lowest BCUT2D eigenvalue weighted by atomic mass is 10.2. The number of nitrogens with zero attached hydrogens (tertiary/aromatic N) is 1. The Hall–Kier alpha value is -3.03. The number of hydrogen-bond acceptors (Lipinski definition) is 4. The summed E-state index contributed by atoms with van der Waals surface area (Å²) in [6, 6.07) is 12.2. The summed E-state index contributed by atoms with van der Waals surface area (Å²) in [5.41, 5.74) is 7.41. The van der Waals surface area contributed by atoms with Crippen LogP contribution >= 0.6 is 0 Å². The van der Waals surface area contributed by atoms with Crippen LogP contribution in [-0.2, 0) is 6.54 Å². The molecule has 0 saturated heterocycles. The van der Waals surface area contributed by atoms with Crippen molar-refractivity contribution in [3.63, 3.8) is 0 Å². The minimum absolute atomic E-state index is 0.188. The van der Waals surface area contributed by atoms with Crippen LogP contribution in [0.4, 0.5) is 14.5 Å². The second kappa shape index (κ2) is 11.0. The van der Waals surface area contributed by atoms with Gasteiger partial charge in [0.2, 0.25) is 0 Å². The fraction of sp³-hybridized carbons (Fsp3) is 0.350. The number of benzene rings is 2. The van der Waals surface area contributed by atoms with Crippen LogP contribution in [0.3, 0.4) is 0 Å². The molecule has 2 rings (SSSR count). The first kappa shape index (κ1) is 21.3. The molecule has 0 aromatic heterocycles. The summed E-state index contributed by atoms with van der Waals surface area (Å²) in [4.78, 5) is 4.29. The van der Waals surface area contributed by atoms with Gasteiger partial charge in [0.15, 0.2) is 5.96 Å². The maximum Gasteiger partial charge on any atom is 0.272 e. The third-order valence-electron chi connectivity index (χ3n) is 3.53. The lowest BCUT2D eigenvalue weighted by Gasteiger charge is -2.14. The molecular formula is C20H25F2N3O3. The Balaban J connectivity index is 2.06. The van der Waals surface area contributed by atoms with Gasteiger partial charge in [-0.25, -0.2) is 13.8 Å². The summed E-state index contributed by atoms with van der Waals surface area (Å²) < 4.78 is 40.6. The van der Waals surface area contributed by atoms with E-state index in [0.717, 1.165) is 5.56 Å². The lowest BCUT2D eigenvalue weighted by Crippen LogP contribution is -2.23. The van der Waals surface area contributed by atoms with Gasteiger partial charge >= 0.3 is 0 Å². The molecule has 0 spiro atoms. The zero-order valence-electron chi connectivity index (χ0n) is 16.0. The van der Waals surface area contributed by atoms with E-state index in [1.807, 2.05) is 26.0 Å². The molecule has 8 heteroatoms. The van der Waals surface area contributed by atoms with Gasteiger partial charge in [-0.2, -0.15) is 0 Å². The van der Waals surface area contributed by atoms with Gasteiger partial charge < -0.3 is 25.3 Å². The average molecular weight is 393 g/mol. The summed E-state index contributed by atoms with van der Waals surface area (Å²) in [5.74, 6) is 1.87. The van der Waals surface area contributed by atoms with Crippen molar-refractivity contribution >= 4 is 11.6 Å². The first-order valence-corrected chi connectivity index (χ1v) is 8.98. The number of anilines is 1. The van der Waals surface area contributed by atoms with Crippen molar-refractivity contribution < 1.29 is 23.0 Å². The fourth-order valence-corrected chi connectivity index (χ4v) is 2.39. The van der Waals surface area contributed by atoms with Crippen LogP contribution in [0.2, 0.25) is 0 Å². The zero-order valence-corrected chi connectivity index (χ0v) is 16.0. The van der Waals surface area contributed by atoms with Gasteiger partial charge in [-0.3, -0.25) is 0 Å². The van der Waals surface area contributed by atoms with Crippen molar-refractivity contribution in [1.29, 1.82) is 0 Å². The molecule has 0 bridgehead atoms. The Bertz CT molecular complexity index is 785. The summed E-state index contributed by atoms with van der Waals surface area (Å²) >= 11 is 0. The SMILES string of the molecule is CCOc1ccc(OCC)c(NC(N)=NCc2cccc(OCC(F)F)c2)c1. The number of alkyl halides is 2. The number of nitrogens with one attached hydrogen (secondary N) is 1. The second-order valence-electron chi connectivity index (χ2n) is 5.70. The first-order valence-electron chi connectivity index (χ1n) is 8.98. The minimum atomic E-state index is -2.52. The van der Waals surface area contributed by atoms with E-state index in [-0.39, 0.29) is 12.5 Å². The predicted octanol–water partition coefficient (Wildman–Crippen LogP) is 4.05. The van der Waals surface area contributed by atoms with E-state index in [4.69, 9.17) is 19.9 Å². The van der Waals surface area contributed by atoms with Crippen molar-refractivity contribution in [2.45, 2.75) is 26.8 Å². The van der Waals surface area contributed by atoms with Crippen molar-refractivity contribution in [2.75, 3.05) is 25.1 Å². The van der Waals surface area contributed by atoms with Crippen LogP contribution in [0.5, 0.6) is 17.2 Å². The molecule has 0 radical (unpaired) electrons. The van der Waals surface area contributed by atoms with E-state index in [1.165, 1.54) is 0 Å². The highest BCUT2D eigenvalue weighted by molar-refractivity contribution is 5.94. The van der Waals surface area contributed by atoms with Gasteiger partial charge in [0.1, 0.15) is 23.9 Å². The molecule has 0 aliphatic rings. The quantitative estimate of drug-likeness (QED) is 0.470. The lowest BCUT2D eigenvalue weighted by molar-refractivity contribution is 0.0818. The number of hydrogen-bond donors (Lipinski definition) is 2. The van der Waals surface area contributed by atoms with Crippen LogP contribution in [0, 0.1) is 0 Å². The van der Waals surface area contributed by atoms with E-state index in [0.29, 0.717) is 36.1 Å². The van der Waals surface area contributed by atoms with Crippen molar-refractivity contribution in [1.82, 2.24) is 0 Å². The van der Waals surface area contributed by atoms with E-state index in [9.17, 15) is 8.78 Å². The van der Waals surface area contributed by atoms with Crippen LogP contribution in [0.15, 0.2) is 47.5 Å². The highest BCUT2D eigenvalue weighted by atomic mass is 19.3. The minimum Gasteiger partial charge on any atom is -0.494 e. The van der Waals surface area contributed by atoms with Gasteiger partial charge in [0, 0.05) is 6.07 Å². The highest BCUT2D eigenvalue weighted by Crippen LogP contribution is 2.29. The Kier molecular flexibility index (Phi) is 8.33. The first-order chi connectivity index (χ1) is 13.5. The summed E-state index contributed by atoms with van der Waals surface area (Å²) in [6.07, 6.45) is -2.52. The largest absolute Gasteiger partial charge is 0.494 e. The standard InChI is InChI=1S/C20H25F2N3O3/c1-3-26-16-8-9-18(27-4-2)17(11-16)25-20(23)24-12-14-6-5-7-15(10-14)28-13-19(21)22/h5-11,19H,3-4,12-13H2,1-2H3,(H3,23,24,25).